The highest BCUT2D eigenvalue weighted by Crippen LogP contribution is 2.35. The summed E-state index contributed by atoms with van der Waals surface area (Å²) in [6, 6.07) is 3.42. The van der Waals surface area contributed by atoms with Crippen molar-refractivity contribution in [3.63, 3.8) is 0 Å². The molecule has 0 saturated heterocycles. The van der Waals surface area contributed by atoms with Gasteiger partial charge in [0.25, 0.3) is 11.8 Å². The van der Waals surface area contributed by atoms with Crippen LogP contribution < -0.4 is 10.1 Å². The van der Waals surface area contributed by atoms with Gasteiger partial charge < -0.3 is 9.64 Å². The lowest BCUT2D eigenvalue weighted by molar-refractivity contribution is 0.0744. The average molecular weight is 556 g/mol. The fourth-order valence-corrected chi connectivity index (χ4v) is 5.30. The van der Waals surface area contributed by atoms with E-state index >= 15 is 0 Å². The van der Waals surface area contributed by atoms with Gasteiger partial charge in [0.05, 0.1) is 48.2 Å². The molecular weight excluding hydrogens is 537 g/mol. The molecular formula is C24H19Cl2N7O3S. The number of pyridine rings is 2. The SMILES string of the molecule is COc1cnc(Cl)cc1-c1cc(C)ncc1C(=O)Nc1nc2c(s1)CN(C(=O)c1ncc(C)nc1Cl)C2. The number of carbonyl (C=O) groups excluding carboxylic acids is 2. The van der Waals surface area contributed by atoms with Crippen molar-refractivity contribution in [2.45, 2.75) is 26.9 Å². The highest BCUT2D eigenvalue weighted by molar-refractivity contribution is 7.16. The van der Waals surface area contributed by atoms with Crippen molar-refractivity contribution in [3.05, 3.63) is 74.2 Å². The van der Waals surface area contributed by atoms with Crippen LogP contribution in [0, 0.1) is 13.8 Å². The van der Waals surface area contributed by atoms with Crippen LogP contribution in [0.3, 0.4) is 0 Å². The van der Waals surface area contributed by atoms with E-state index < -0.39 is 0 Å². The maximum atomic E-state index is 13.3. The van der Waals surface area contributed by atoms with Crippen LogP contribution in [0.1, 0.15) is 42.8 Å². The number of rotatable bonds is 5. The van der Waals surface area contributed by atoms with Crippen molar-refractivity contribution in [2.75, 3.05) is 12.4 Å². The minimum atomic E-state index is -0.389. The smallest absolute Gasteiger partial charge is 0.276 e. The van der Waals surface area contributed by atoms with Gasteiger partial charge in [-0.2, -0.15) is 0 Å². The van der Waals surface area contributed by atoms with Gasteiger partial charge in [-0.15, -0.1) is 0 Å². The summed E-state index contributed by atoms with van der Waals surface area (Å²) in [7, 11) is 1.52. The molecule has 37 heavy (non-hydrogen) atoms. The Labute approximate surface area is 225 Å². The summed E-state index contributed by atoms with van der Waals surface area (Å²) in [5.74, 6) is -0.242. The van der Waals surface area contributed by atoms with Crippen molar-refractivity contribution in [2.24, 2.45) is 0 Å². The minimum Gasteiger partial charge on any atom is -0.494 e. The Bertz CT molecular complexity index is 1540. The third-order valence-corrected chi connectivity index (χ3v) is 7.11. The van der Waals surface area contributed by atoms with E-state index in [0.29, 0.717) is 45.5 Å². The highest BCUT2D eigenvalue weighted by atomic mass is 35.5. The second kappa shape index (κ2) is 10.0. The van der Waals surface area contributed by atoms with Crippen molar-refractivity contribution in [1.29, 1.82) is 0 Å². The van der Waals surface area contributed by atoms with Crippen LogP contribution in [0.5, 0.6) is 5.75 Å². The Morgan fingerprint density at radius 3 is 2.54 bits per heavy atom. The topological polar surface area (TPSA) is 123 Å². The molecule has 188 valence electrons. The zero-order valence-corrected chi connectivity index (χ0v) is 22.2. The van der Waals surface area contributed by atoms with Gasteiger partial charge >= 0.3 is 0 Å². The van der Waals surface area contributed by atoms with Gasteiger partial charge in [0.15, 0.2) is 16.0 Å². The first-order valence-corrected chi connectivity index (χ1v) is 12.6. The summed E-state index contributed by atoms with van der Waals surface area (Å²) in [4.78, 5) is 49.7. The van der Waals surface area contributed by atoms with Gasteiger partial charge in [0.1, 0.15) is 10.9 Å². The van der Waals surface area contributed by atoms with E-state index in [4.69, 9.17) is 27.9 Å². The molecule has 4 aromatic heterocycles. The second-order valence-corrected chi connectivity index (χ2v) is 10.1. The molecule has 0 radical (unpaired) electrons. The molecule has 0 spiro atoms. The number of fused-ring (bicyclic) bond motifs is 1. The number of hydrogen-bond acceptors (Lipinski definition) is 9. The predicted octanol–water partition coefficient (Wildman–Crippen LogP) is 4.73. The van der Waals surface area contributed by atoms with Crippen LogP contribution in [0.4, 0.5) is 5.13 Å². The summed E-state index contributed by atoms with van der Waals surface area (Å²) < 4.78 is 5.43. The van der Waals surface area contributed by atoms with Gasteiger partial charge in [0.2, 0.25) is 0 Å². The quantitative estimate of drug-likeness (QED) is 0.350. The Kier molecular flexibility index (Phi) is 6.76. The highest BCUT2D eigenvalue weighted by Gasteiger charge is 2.30. The maximum absolute atomic E-state index is 13.3. The number of thiazole rings is 1. The Hall–Kier alpha value is -3.67. The molecule has 5 rings (SSSR count). The van der Waals surface area contributed by atoms with E-state index in [1.165, 1.54) is 37.0 Å². The normalized spacial score (nSPS) is 12.4. The number of nitrogens with zero attached hydrogens (tertiary/aromatic N) is 6. The van der Waals surface area contributed by atoms with Gasteiger partial charge in [0, 0.05) is 29.2 Å². The number of amides is 2. The molecule has 4 aromatic rings. The summed E-state index contributed by atoms with van der Waals surface area (Å²) >= 11 is 13.5. The number of methoxy groups -OCH3 is 1. The number of halogens is 2. The molecule has 0 aromatic carbocycles. The summed E-state index contributed by atoms with van der Waals surface area (Å²) in [6.07, 6.45) is 4.51. The van der Waals surface area contributed by atoms with E-state index in [1.807, 2.05) is 6.92 Å². The van der Waals surface area contributed by atoms with E-state index in [-0.39, 0.29) is 34.4 Å². The minimum absolute atomic E-state index is 0.0655. The lowest BCUT2D eigenvalue weighted by atomic mass is 10.0. The van der Waals surface area contributed by atoms with Gasteiger partial charge in [-0.25, -0.2) is 19.9 Å². The lowest BCUT2D eigenvalue weighted by Gasteiger charge is -2.15. The first-order valence-electron chi connectivity index (χ1n) is 11.0. The van der Waals surface area contributed by atoms with E-state index in [9.17, 15) is 9.59 Å². The van der Waals surface area contributed by atoms with Crippen LogP contribution in [0.25, 0.3) is 11.1 Å². The largest absolute Gasteiger partial charge is 0.494 e. The maximum Gasteiger partial charge on any atom is 0.276 e. The molecule has 5 heterocycles. The fraction of sp³-hybridized carbons (Fsp3) is 0.208. The Balaban J connectivity index is 1.36. The molecule has 10 nitrogen and oxygen atoms in total. The number of aromatic nitrogens is 5. The van der Waals surface area contributed by atoms with Crippen molar-refractivity contribution < 1.29 is 14.3 Å². The molecule has 0 saturated carbocycles. The third-order valence-electron chi connectivity index (χ3n) is 5.64. The number of aryl methyl sites for hydroxylation is 2. The number of hydrogen-bond donors (Lipinski definition) is 1. The lowest BCUT2D eigenvalue weighted by Crippen LogP contribution is -2.27. The standard InChI is InChI=1S/C24H19Cl2N7O3S/c1-11-4-13(14-5-19(25)28-8-17(14)36-3)15(7-27-11)22(34)32-24-31-16-9-33(10-18(16)37-24)23(35)20-21(26)30-12(2)6-29-20/h4-8H,9-10H2,1-3H3,(H,31,32,34). The van der Waals surface area contributed by atoms with Gasteiger partial charge in [-0.1, -0.05) is 34.5 Å². The number of nitrogens with one attached hydrogen (secondary N) is 1. The molecule has 0 bridgehead atoms. The Morgan fingerprint density at radius 2 is 1.81 bits per heavy atom. The van der Waals surface area contributed by atoms with E-state index in [2.05, 4.69) is 30.2 Å². The number of anilines is 1. The zero-order valence-electron chi connectivity index (χ0n) is 19.9. The number of carbonyl (C=O) groups is 2. The molecule has 0 unspecified atom stereocenters. The van der Waals surface area contributed by atoms with E-state index in [1.54, 1.807) is 24.0 Å². The summed E-state index contributed by atoms with van der Waals surface area (Å²) in [5, 5.41) is 3.60. The van der Waals surface area contributed by atoms with Crippen molar-refractivity contribution in [3.8, 4) is 16.9 Å². The van der Waals surface area contributed by atoms with Crippen LogP contribution >= 0.6 is 34.5 Å². The first-order chi connectivity index (χ1) is 17.7. The van der Waals surface area contributed by atoms with Crippen molar-refractivity contribution in [1.82, 2.24) is 29.8 Å². The summed E-state index contributed by atoms with van der Waals surface area (Å²) in [6.45, 7) is 4.18. The molecule has 1 N–H and O–H groups in total. The first kappa shape index (κ1) is 25.0. The van der Waals surface area contributed by atoms with E-state index in [0.717, 1.165) is 10.6 Å². The van der Waals surface area contributed by atoms with Crippen LogP contribution in [0.15, 0.2) is 30.7 Å². The summed E-state index contributed by atoms with van der Waals surface area (Å²) in [5.41, 5.74) is 3.69. The predicted molar refractivity (Wildman–Crippen MR) is 139 cm³/mol. The molecule has 1 aliphatic rings. The van der Waals surface area contributed by atoms with Crippen LogP contribution in [0.2, 0.25) is 10.3 Å². The second-order valence-electron chi connectivity index (χ2n) is 8.23. The molecule has 13 heteroatoms. The molecule has 0 aliphatic carbocycles. The van der Waals surface area contributed by atoms with Crippen LogP contribution in [-0.4, -0.2) is 48.7 Å². The fourth-order valence-electron chi connectivity index (χ4n) is 3.90. The van der Waals surface area contributed by atoms with Crippen molar-refractivity contribution >= 4 is 51.5 Å². The molecule has 0 atom stereocenters. The monoisotopic (exact) mass is 555 g/mol. The van der Waals surface area contributed by atoms with Gasteiger partial charge in [-0.05, 0) is 26.0 Å². The molecule has 1 aliphatic heterocycles. The zero-order chi connectivity index (χ0) is 26.3. The Morgan fingerprint density at radius 1 is 1.00 bits per heavy atom. The molecule has 2 amide bonds. The third kappa shape index (κ3) is 4.97. The molecule has 0 fully saturated rings. The average Bonchev–Trinajstić information content (AvgIpc) is 3.42. The van der Waals surface area contributed by atoms with Gasteiger partial charge in [-0.3, -0.25) is 19.9 Å². The number of ether oxygens (including phenoxy) is 1. The van der Waals surface area contributed by atoms with Crippen LogP contribution in [-0.2, 0) is 13.1 Å².